The quantitative estimate of drug-likeness (QED) is 0.742. The summed E-state index contributed by atoms with van der Waals surface area (Å²) in [4.78, 5) is 10.4. The average Bonchev–Trinajstić information content (AvgIpc) is 2.20. The molecule has 0 fully saturated rings. The summed E-state index contributed by atoms with van der Waals surface area (Å²) in [6.45, 7) is 1.93. The van der Waals surface area contributed by atoms with E-state index in [0.717, 1.165) is 5.56 Å². The summed E-state index contributed by atoms with van der Waals surface area (Å²) < 4.78 is 10.2. The molecule has 0 radical (unpaired) electrons. The maximum atomic E-state index is 10.4. The van der Waals surface area contributed by atoms with Crippen LogP contribution in [0.2, 0.25) is 0 Å². The third kappa shape index (κ3) is 1.96. The van der Waals surface area contributed by atoms with E-state index in [-0.39, 0.29) is 0 Å². The highest BCUT2D eigenvalue weighted by Gasteiger charge is 2.09. The number of rotatable bonds is 4. The van der Waals surface area contributed by atoms with Gasteiger partial charge in [0.15, 0.2) is 0 Å². The Labute approximate surface area is 82.8 Å². The smallest absolute Gasteiger partial charge is 0.211 e. The second-order valence-corrected chi connectivity index (χ2v) is 2.81. The van der Waals surface area contributed by atoms with Crippen molar-refractivity contribution in [2.45, 2.75) is 6.92 Å². The second-order valence-electron chi connectivity index (χ2n) is 2.81. The van der Waals surface area contributed by atoms with Gasteiger partial charge in [-0.3, -0.25) is 4.79 Å². The number of carbonyl (C=O) groups excluding carboxylic acids is 1. The SMILES string of the molecule is COc1cc(C)cc(OC)c1NC=O. The minimum Gasteiger partial charge on any atom is -0.494 e. The Morgan fingerprint density at radius 1 is 1.21 bits per heavy atom. The van der Waals surface area contributed by atoms with Crippen LogP contribution in [-0.4, -0.2) is 20.6 Å². The number of benzene rings is 1. The van der Waals surface area contributed by atoms with Crippen molar-refractivity contribution in [2.75, 3.05) is 19.5 Å². The van der Waals surface area contributed by atoms with E-state index in [1.807, 2.05) is 19.1 Å². The summed E-state index contributed by atoms with van der Waals surface area (Å²) in [5.41, 5.74) is 1.56. The predicted octanol–water partition coefficient (Wildman–Crippen LogP) is 1.58. The van der Waals surface area contributed by atoms with E-state index in [0.29, 0.717) is 23.6 Å². The van der Waals surface area contributed by atoms with E-state index < -0.39 is 0 Å². The van der Waals surface area contributed by atoms with Crippen LogP contribution < -0.4 is 14.8 Å². The monoisotopic (exact) mass is 195 g/mol. The van der Waals surface area contributed by atoms with Crippen LogP contribution in [0.15, 0.2) is 12.1 Å². The van der Waals surface area contributed by atoms with Crippen molar-refractivity contribution in [2.24, 2.45) is 0 Å². The van der Waals surface area contributed by atoms with Crippen molar-refractivity contribution in [3.63, 3.8) is 0 Å². The lowest BCUT2D eigenvalue weighted by molar-refractivity contribution is -0.105. The lowest BCUT2D eigenvalue weighted by Gasteiger charge is -2.12. The lowest BCUT2D eigenvalue weighted by Crippen LogP contribution is -2.01. The topological polar surface area (TPSA) is 47.6 Å². The Hall–Kier alpha value is -1.71. The molecule has 1 rings (SSSR count). The Kier molecular flexibility index (Phi) is 3.34. The molecule has 0 aliphatic carbocycles. The van der Waals surface area contributed by atoms with Crippen LogP contribution in [0.4, 0.5) is 5.69 Å². The van der Waals surface area contributed by atoms with Crippen molar-refractivity contribution in [1.29, 1.82) is 0 Å². The van der Waals surface area contributed by atoms with Crippen molar-refractivity contribution < 1.29 is 14.3 Å². The van der Waals surface area contributed by atoms with Gasteiger partial charge in [0, 0.05) is 0 Å². The molecule has 1 aromatic carbocycles. The number of hydrogen-bond donors (Lipinski definition) is 1. The zero-order valence-corrected chi connectivity index (χ0v) is 8.46. The highest BCUT2D eigenvalue weighted by atomic mass is 16.5. The minimum atomic E-state index is 0.551. The van der Waals surface area contributed by atoms with Gasteiger partial charge in [-0.1, -0.05) is 0 Å². The van der Waals surface area contributed by atoms with Crippen LogP contribution in [0.25, 0.3) is 0 Å². The Morgan fingerprint density at radius 2 is 1.71 bits per heavy atom. The number of ether oxygens (including phenoxy) is 2. The molecular formula is C10H13NO3. The van der Waals surface area contributed by atoms with E-state index in [9.17, 15) is 4.79 Å². The first-order chi connectivity index (χ1) is 6.72. The molecule has 0 aromatic heterocycles. The third-order valence-corrected chi connectivity index (χ3v) is 1.85. The first-order valence-electron chi connectivity index (χ1n) is 4.15. The largest absolute Gasteiger partial charge is 0.494 e. The van der Waals surface area contributed by atoms with Gasteiger partial charge in [-0.2, -0.15) is 0 Å². The average molecular weight is 195 g/mol. The third-order valence-electron chi connectivity index (χ3n) is 1.85. The second kappa shape index (κ2) is 4.50. The number of aryl methyl sites for hydroxylation is 1. The molecule has 0 heterocycles. The van der Waals surface area contributed by atoms with Crippen LogP contribution in [0, 0.1) is 6.92 Å². The van der Waals surface area contributed by atoms with Gasteiger partial charge in [-0.05, 0) is 24.6 Å². The molecule has 0 aliphatic rings. The molecule has 0 bridgehead atoms. The molecule has 4 nitrogen and oxygen atoms in total. The van der Waals surface area contributed by atoms with Crippen LogP contribution in [-0.2, 0) is 4.79 Å². The maximum absolute atomic E-state index is 10.4. The van der Waals surface area contributed by atoms with E-state index >= 15 is 0 Å². The van der Waals surface area contributed by atoms with Crippen LogP contribution in [0.1, 0.15) is 5.56 Å². The van der Waals surface area contributed by atoms with Crippen molar-refractivity contribution in [1.82, 2.24) is 0 Å². The van der Waals surface area contributed by atoms with E-state index in [2.05, 4.69) is 5.32 Å². The number of methoxy groups -OCH3 is 2. The highest BCUT2D eigenvalue weighted by Crippen LogP contribution is 2.35. The molecular weight excluding hydrogens is 182 g/mol. The number of carbonyl (C=O) groups is 1. The molecule has 0 saturated heterocycles. The first kappa shape index (κ1) is 10.4. The molecule has 1 aromatic rings. The van der Waals surface area contributed by atoms with Crippen LogP contribution in [0.3, 0.4) is 0 Å². The van der Waals surface area contributed by atoms with Gasteiger partial charge in [0.2, 0.25) is 6.41 Å². The Morgan fingerprint density at radius 3 is 2.07 bits per heavy atom. The summed E-state index contributed by atoms with van der Waals surface area (Å²) in [5, 5.41) is 2.54. The molecule has 1 amide bonds. The van der Waals surface area contributed by atoms with Gasteiger partial charge in [0.05, 0.1) is 14.2 Å². The number of amides is 1. The zero-order chi connectivity index (χ0) is 10.6. The minimum absolute atomic E-state index is 0.551. The van der Waals surface area contributed by atoms with Gasteiger partial charge in [-0.25, -0.2) is 0 Å². The standard InChI is InChI=1S/C10H13NO3/c1-7-4-8(13-2)10(11-6-12)9(5-7)14-3/h4-6H,1-3H3,(H,11,12). The van der Waals surface area contributed by atoms with Crippen molar-refractivity contribution in [3.05, 3.63) is 17.7 Å². The maximum Gasteiger partial charge on any atom is 0.211 e. The normalized spacial score (nSPS) is 9.36. The van der Waals surface area contributed by atoms with E-state index in [1.54, 1.807) is 14.2 Å². The molecule has 1 N–H and O–H groups in total. The van der Waals surface area contributed by atoms with Gasteiger partial charge in [0.1, 0.15) is 17.2 Å². The molecule has 4 heteroatoms. The molecule has 0 spiro atoms. The van der Waals surface area contributed by atoms with Gasteiger partial charge >= 0.3 is 0 Å². The van der Waals surface area contributed by atoms with Gasteiger partial charge in [-0.15, -0.1) is 0 Å². The fourth-order valence-corrected chi connectivity index (χ4v) is 1.24. The number of anilines is 1. The summed E-state index contributed by atoms with van der Waals surface area (Å²) in [6, 6.07) is 3.66. The summed E-state index contributed by atoms with van der Waals surface area (Å²) >= 11 is 0. The van der Waals surface area contributed by atoms with Crippen LogP contribution in [0.5, 0.6) is 11.5 Å². The summed E-state index contributed by atoms with van der Waals surface area (Å²) in [5.74, 6) is 1.18. The highest BCUT2D eigenvalue weighted by molar-refractivity contribution is 5.80. The van der Waals surface area contributed by atoms with Gasteiger partial charge in [0.25, 0.3) is 0 Å². The number of nitrogens with one attached hydrogen (secondary N) is 1. The predicted molar refractivity (Wildman–Crippen MR) is 54.0 cm³/mol. The molecule has 0 atom stereocenters. The molecule has 14 heavy (non-hydrogen) atoms. The molecule has 0 saturated carbocycles. The Bertz CT molecular complexity index is 311. The van der Waals surface area contributed by atoms with E-state index in [4.69, 9.17) is 9.47 Å². The van der Waals surface area contributed by atoms with Crippen LogP contribution >= 0.6 is 0 Å². The molecule has 76 valence electrons. The fourth-order valence-electron chi connectivity index (χ4n) is 1.24. The van der Waals surface area contributed by atoms with Gasteiger partial charge < -0.3 is 14.8 Å². The fraction of sp³-hybridized carbons (Fsp3) is 0.300. The number of hydrogen-bond acceptors (Lipinski definition) is 3. The van der Waals surface area contributed by atoms with Crippen molar-refractivity contribution in [3.8, 4) is 11.5 Å². The zero-order valence-electron chi connectivity index (χ0n) is 8.46. The lowest BCUT2D eigenvalue weighted by atomic mass is 10.2. The summed E-state index contributed by atoms with van der Waals surface area (Å²) in [6.07, 6.45) is 0.593. The van der Waals surface area contributed by atoms with E-state index in [1.165, 1.54) is 0 Å². The first-order valence-corrected chi connectivity index (χ1v) is 4.15. The molecule has 0 unspecified atom stereocenters. The van der Waals surface area contributed by atoms with Crippen molar-refractivity contribution >= 4 is 12.1 Å². The molecule has 0 aliphatic heterocycles. The summed E-state index contributed by atoms with van der Waals surface area (Å²) in [7, 11) is 3.09. The Balaban J connectivity index is 3.24.